The van der Waals surface area contributed by atoms with Crippen LogP contribution in [0.25, 0.3) is 0 Å². The first-order valence-corrected chi connectivity index (χ1v) is 6.08. The Morgan fingerprint density at radius 1 is 1.11 bits per heavy atom. The van der Waals surface area contributed by atoms with Gasteiger partial charge in [0.15, 0.2) is 0 Å². The van der Waals surface area contributed by atoms with Gasteiger partial charge < -0.3 is 4.74 Å². The summed E-state index contributed by atoms with van der Waals surface area (Å²) in [6.45, 7) is 4.39. The highest BCUT2D eigenvalue weighted by molar-refractivity contribution is 6.30. The van der Waals surface area contributed by atoms with Crippen molar-refractivity contribution in [1.29, 1.82) is 0 Å². The molecule has 0 aliphatic heterocycles. The lowest BCUT2D eigenvalue weighted by molar-refractivity contribution is 0.304. The van der Waals surface area contributed by atoms with E-state index in [2.05, 4.69) is 0 Å². The number of ether oxygens (including phenoxy) is 1. The molecule has 1 nitrogen and oxygen atoms in total. The van der Waals surface area contributed by atoms with Gasteiger partial charge in [0.05, 0.1) is 5.02 Å². The molecule has 2 aromatic rings. The Kier molecular flexibility index (Phi) is 3.87. The maximum atomic E-state index is 13.0. The van der Waals surface area contributed by atoms with Crippen LogP contribution in [0.5, 0.6) is 5.75 Å². The van der Waals surface area contributed by atoms with Gasteiger partial charge in [-0.15, -0.1) is 0 Å². The van der Waals surface area contributed by atoms with Gasteiger partial charge in [-0.25, -0.2) is 4.39 Å². The Balaban J connectivity index is 2.11. The van der Waals surface area contributed by atoms with Crippen LogP contribution in [-0.2, 0) is 6.61 Å². The molecule has 18 heavy (non-hydrogen) atoms. The third kappa shape index (κ3) is 3.02. The summed E-state index contributed by atoms with van der Waals surface area (Å²) >= 11 is 5.72. The molecule has 0 unspecified atom stereocenters. The van der Waals surface area contributed by atoms with Crippen molar-refractivity contribution < 1.29 is 9.13 Å². The Labute approximate surface area is 111 Å². The summed E-state index contributed by atoms with van der Waals surface area (Å²) in [6.07, 6.45) is 0. The normalized spacial score (nSPS) is 10.4. The first kappa shape index (κ1) is 12.9. The van der Waals surface area contributed by atoms with Crippen LogP contribution in [-0.4, -0.2) is 0 Å². The summed E-state index contributed by atoms with van der Waals surface area (Å²) in [6, 6.07) is 10.7. The molecule has 0 radical (unpaired) electrons. The molecule has 0 aromatic heterocycles. The second kappa shape index (κ2) is 5.40. The zero-order valence-electron chi connectivity index (χ0n) is 10.3. The fourth-order valence-electron chi connectivity index (χ4n) is 1.65. The van der Waals surface area contributed by atoms with E-state index >= 15 is 0 Å². The predicted molar refractivity (Wildman–Crippen MR) is 71.7 cm³/mol. The molecule has 0 atom stereocenters. The number of aryl methyl sites for hydroxylation is 2. The summed E-state index contributed by atoms with van der Waals surface area (Å²) in [5.74, 6) is 0.433. The van der Waals surface area contributed by atoms with Crippen molar-refractivity contribution in [3.05, 3.63) is 63.9 Å². The van der Waals surface area contributed by atoms with E-state index in [1.807, 2.05) is 32.0 Å². The summed E-state index contributed by atoms with van der Waals surface area (Å²) in [5.41, 5.74) is 3.07. The molecular formula is C15H14ClFO. The quantitative estimate of drug-likeness (QED) is 0.782. The smallest absolute Gasteiger partial charge is 0.141 e. The molecule has 0 aliphatic rings. The number of benzene rings is 2. The van der Waals surface area contributed by atoms with Crippen molar-refractivity contribution in [2.45, 2.75) is 20.5 Å². The van der Waals surface area contributed by atoms with Gasteiger partial charge in [0, 0.05) is 0 Å². The lowest BCUT2D eigenvalue weighted by Gasteiger charge is -2.10. The van der Waals surface area contributed by atoms with Crippen LogP contribution in [0.4, 0.5) is 4.39 Å². The van der Waals surface area contributed by atoms with Crippen molar-refractivity contribution in [3.63, 3.8) is 0 Å². The third-order valence-electron chi connectivity index (χ3n) is 2.72. The predicted octanol–water partition coefficient (Wildman–Crippen LogP) is 4.67. The average molecular weight is 265 g/mol. The Morgan fingerprint density at radius 3 is 2.61 bits per heavy atom. The van der Waals surface area contributed by atoms with E-state index in [0.29, 0.717) is 6.61 Å². The van der Waals surface area contributed by atoms with Crippen molar-refractivity contribution in [2.75, 3.05) is 0 Å². The van der Waals surface area contributed by atoms with Gasteiger partial charge >= 0.3 is 0 Å². The summed E-state index contributed by atoms with van der Waals surface area (Å²) in [5, 5.41) is 0.122. The first-order chi connectivity index (χ1) is 8.56. The molecule has 0 heterocycles. The minimum atomic E-state index is -0.410. The van der Waals surface area contributed by atoms with Crippen LogP contribution in [0.3, 0.4) is 0 Å². The van der Waals surface area contributed by atoms with E-state index in [1.165, 1.54) is 6.07 Å². The minimum absolute atomic E-state index is 0.122. The largest absolute Gasteiger partial charge is 0.489 e. The minimum Gasteiger partial charge on any atom is -0.489 e. The number of hydrogen-bond donors (Lipinski definition) is 0. The molecular weight excluding hydrogens is 251 g/mol. The fraction of sp³-hybridized carbons (Fsp3) is 0.200. The molecule has 0 aliphatic carbocycles. The van der Waals surface area contributed by atoms with Crippen molar-refractivity contribution in [1.82, 2.24) is 0 Å². The van der Waals surface area contributed by atoms with Gasteiger partial charge in [-0.1, -0.05) is 29.8 Å². The van der Waals surface area contributed by atoms with Crippen LogP contribution >= 0.6 is 11.6 Å². The third-order valence-corrected chi connectivity index (χ3v) is 3.01. The summed E-state index contributed by atoms with van der Waals surface area (Å²) in [7, 11) is 0. The molecule has 3 heteroatoms. The van der Waals surface area contributed by atoms with Gasteiger partial charge in [-0.3, -0.25) is 0 Å². The molecule has 0 bridgehead atoms. The Morgan fingerprint density at radius 2 is 1.89 bits per heavy atom. The number of hydrogen-bond acceptors (Lipinski definition) is 1. The van der Waals surface area contributed by atoms with Crippen LogP contribution in [0.2, 0.25) is 5.02 Å². The maximum absolute atomic E-state index is 13.0. The van der Waals surface area contributed by atoms with E-state index in [1.54, 1.807) is 12.1 Å². The van der Waals surface area contributed by atoms with E-state index < -0.39 is 5.82 Å². The van der Waals surface area contributed by atoms with Gasteiger partial charge in [-0.05, 0) is 48.7 Å². The molecule has 2 aromatic carbocycles. The highest BCUT2D eigenvalue weighted by Gasteiger charge is 2.03. The molecule has 0 spiro atoms. The van der Waals surface area contributed by atoms with Crippen LogP contribution in [0, 0.1) is 19.7 Å². The van der Waals surface area contributed by atoms with E-state index in [-0.39, 0.29) is 5.02 Å². The summed E-state index contributed by atoms with van der Waals surface area (Å²) in [4.78, 5) is 0. The van der Waals surface area contributed by atoms with E-state index in [4.69, 9.17) is 16.3 Å². The molecule has 94 valence electrons. The molecule has 2 rings (SSSR count). The monoisotopic (exact) mass is 264 g/mol. The Bertz CT molecular complexity index is 566. The number of rotatable bonds is 3. The van der Waals surface area contributed by atoms with Crippen LogP contribution < -0.4 is 4.74 Å². The standard InChI is InChI=1S/C15H14ClFO/c1-10-3-4-11(2)15(7-10)18-9-12-5-6-14(17)13(16)8-12/h3-8H,9H2,1-2H3. The average Bonchev–Trinajstić information content (AvgIpc) is 2.34. The zero-order chi connectivity index (χ0) is 13.1. The van der Waals surface area contributed by atoms with E-state index in [9.17, 15) is 4.39 Å². The van der Waals surface area contributed by atoms with Gasteiger partial charge in [-0.2, -0.15) is 0 Å². The maximum Gasteiger partial charge on any atom is 0.141 e. The second-order valence-corrected chi connectivity index (χ2v) is 4.71. The van der Waals surface area contributed by atoms with E-state index in [0.717, 1.165) is 22.4 Å². The van der Waals surface area contributed by atoms with Gasteiger partial charge in [0.1, 0.15) is 18.2 Å². The topological polar surface area (TPSA) is 9.23 Å². The molecule has 0 amide bonds. The second-order valence-electron chi connectivity index (χ2n) is 4.31. The van der Waals surface area contributed by atoms with Gasteiger partial charge in [0.2, 0.25) is 0 Å². The Hall–Kier alpha value is -1.54. The van der Waals surface area contributed by atoms with Crippen molar-refractivity contribution >= 4 is 11.6 Å². The first-order valence-electron chi connectivity index (χ1n) is 5.70. The van der Waals surface area contributed by atoms with Crippen molar-refractivity contribution in [3.8, 4) is 5.75 Å². The lowest BCUT2D eigenvalue weighted by atomic mass is 10.1. The molecule has 0 N–H and O–H groups in total. The molecule has 0 fully saturated rings. The fourth-order valence-corrected chi connectivity index (χ4v) is 1.86. The lowest BCUT2D eigenvalue weighted by Crippen LogP contribution is -1.97. The summed E-state index contributed by atoms with van der Waals surface area (Å²) < 4.78 is 18.7. The highest BCUT2D eigenvalue weighted by Crippen LogP contribution is 2.22. The van der Waals surface area contributed by atoms with Crippen LogP contribution in [0.15, 0.2) is 36.4 Å². The van der Waals surface area contributed by atoms with Crippen LogP contribution in [0.1, 0.15) is 16.7 Å². The SMILES string of the molecule is Cc1ccc(C)c(OCc2ccc(F)c(Cl)c2)c1. The van der Waals surface area contributed by atoms with Crippen molar-refractivity contribution in [2.24, 2.45) is 0 Å². The number of halogens is 2. The molecule has 0 saturated carbocycles. The highest BCUT2D eigenvalue weighted by atomic mass is 35.5. The van der Waals surface area contributed by atoms with Gasteiger partial charge in [0.25, 0.3) is 0 Å². The zero-order valence-corrected chi connectivity index (χ0v) is 11.1. The molecule has 0 saturated heterocycles.